The van der Waals surface area contributed by atoms with Gasteiger partial charge in [0.05, 0.1) is 6.61 Å². The molecule has 4 heteroatoms. The van der Waals surface area contributed by atoms with Crippen LogP contribution in [0.4, 0.5) is 0 Å². The van der Waals surface area contributed by atoms with Gasteiger partial charge in [-0.15, -0.1) is 0 Å². The highest BCUT2D eigenvalue weighted by molar-refractivity contribution is 5.76. The monoisotopic (exact) mass is 146 g/mol. The third kappa shape index (κ3) is 4.29. The van der Waals surface area contributed by atoms with Crippen LogP contribution in [0, 0.1) is 0 Å². The zero-order valence-corrected chi connectivity index (χ0v) is 6.13. The smallest absolute Gasteiger partial charge is 0.222 e. The molecule has 0 aliphatic carbocycles. The summed E-state index contributed by atoms with van der Waals surface area (Å²) < 4.78 is 0. The van der Waals surface area contributed by atoms with Crippen molar-refractivity contribution in [3.05, 3.63) is 0 Å². The predicted octanol–water partition coefficient (Wildman–Crippen LogP) is -1.17. The van der Waals surface area contributed by atoms with E-state index in [1.54, 1.807) is 0 Å². The number of amides is 1. The number of aliphatic hydroxyl groups excluding tert-OH is 1. The lowest BCUT2D eigenvalue weighted by atomic mass is 10.3. The summed E-state index contributed by atoms with van der Waals surface area (Å²) in [7, 11) is 0. The van der Waals surface area contributed by atoms with E-state index in [0.29, 0.717) is 6.54 Å². The molecule has 0 aromatic carbocycles. The summed E-state index contributed by atoms with van der Waals surface area (Å²) in [5, 5.41) is 10.9. The Bertz CT molecular complexity index is 106. The van der Waals surface area contributed by atoms with E-state index in [2.05, 4.69) is 5.32 Å². The van der Waals surface area contributed by atoms with Crippen molar-refractivity contribution in [2.24, 2.45) is 5.73 Å². The van der Waals surface area contributed by atoms with Crippen LogP contribution in [0.25, 0.3) is 0 Å². The van der Waals surface area contributed by atoms with Gasteiger partial charge in [-0.1, -0.05) is 0 Å². The van der Waals surface area contributed by atoms with Gasteiger partial charge in [0.15, 0.2) is 0 Å². The molecule has 0 bridgehead atoms. The van der Waals surface area contributed by atoms with Crippen LogP contribution in [0.3, 0.4) is 0 Å². The maximum absolute atomic E-state index is 10.7. The molecule has 0 saturated carbocycles. The van der Waals surface area contributed by atoms with E-state index in [1.807, 2.05) is 6.92 Å². The highest BCUT2D eigenvalue weighted by Gasteiger charge is 2.02. The molecule has 10 heavy (non-hydrogen) atoms. The van der Waals surface area contributed by atoms with Crippen molar-refractivity contribution in [2.75, 3.05) is 13.2 Å². The molecule has 0 radical (unpaired) electrons. The number of nitrogens with two attached hydrogens (primary N) is 1. The van der Waals surface area contributed by atoms with Gasteiger partial charge in [0, 0.05) is 19.0 Å². The molecule has 1 atom stereocenters. The maximum atomic E-state index is 10.7. The number of carbonyl (C=O) groups excluding carboxylic acids is 1. The van der Waals surface area contributed by atoms with Gasteiger partial charge >= 0.3 is 0 Å². The normalized spacial score (nSPS) is 12.7. The molecule has 0 aromatic heterocycles. The van der Waals surface area contributed by atoms with Gasteiger partial charge < -0.3 is 16.2 Å². The highest BCUT2D eigenvalue weighted by Crippen LogP contribution is 1.80. The zero-order valence-electron chi connectivity index (χ0n) is 6.13. The summed E-state index contributed by atoms with van der Waals surface area (Å²) in [6, 6.07) is -0.000880. The number of aliphatic hydroxyl groups is 1. The van der Waals surface area contributed by atoms with Crippen LogP contribution in [0.5, 0.6) is 0 Å². The summed E-state index contributed by atoms with van der Waals surface area (Å²) in [6.07, 6.45) is 0.157. The van der Waals surface area contributed by atoms with Crippen LogP contribution in [-0.2, 0) is 4.79 Å². The van der Waals surface area contributed by atoms with Gasteiger partial charge in [0.2, 0.25) is 5.91 Å². The Hall–Kier alpha value is -0.610. The van der Waals surface area contributed by atoms with Crippen LogP contribution >= 0.6 is 0 Å². The number of rotatable bonds is 4. The van der Waals surface area contributed by atoms with Crippen LogP contribution < -0.4 is 11.1 Å². The third-order valence-corrected chi connectivity index (χ3v) is 1.10. The molecule has 0 rings (SSSR count). The second kappa shape index (κ2) is 5.20. The number of hydrogen-bond acceptors (Lipinski definition) is 3. The SMILES string of the molecule is CC(CN)NC(=O)CCO. The highest BCUT2D eigenvalue weighted by atomic mass is 16.3. The lowest BCUT2D eigenvalue weighted by molar-refractivity contribution is -0.122. The first kappa shape index (κ1) is 9.39. The van der Waals surface area contributed by atoms with Crippen molar-refractivity contribution in [3.63, 3.8) is 0 Å². The topological polar surface area (TPSA) is 75.3 Å². The number of hydrogen-bond donors (Lipinski definition) is 3. The van der Waals surface area contributed by atoms with E-state index >= 15 is 0 Å². The van der Waals surface area contributed by atoms with Crippen LogP contribution in [0.15, 0.2) is 0 Å². The summed E-state index contributed by atoms with van der Waals surface area (Å²) in [5.41, 5.74) is 5.24. The van der Waals surface area contributed by atoms with E-state index in [1.165, 1.54) is 0 Å². The molecule has 1 unspecified atom stereocenters. The van der Waals surface area contributed by atoms with Gasteiger partial charge in [-0.05, 0) is 6.92 Å². The molecule has 0 fully saturated rings. The second-order valence-electron chi connectivity index (χ2n) is 2.18. The van der Waals surface area contributed by atoms with Crippen LogP contribution in [-0.4, -0.2) is 30.2 Å². The molecule has 0 spiro atoms. The van der Waals surface area contributed by atoms with E-state index in [0.717, 1.165) is 0 Å². The molecule has 0 heterocycles. The van der Waals surface area contributed by atoms with E-state index in [-0.39, 0.29) is 25.0 Å². The Morgan fingerprint density at radius 2 is 2.40 bits per heavy atom. The summed E-state index contributed by atoms with van der Waals surface area (Å²) in [6.45, 7) is 2.13. The van der Waals surface area contributed by atoms with Crippen molar-refractivity contribution < 1.29 is 9.90 Å². The fourth-order valence-corrected chi connectivity index (χ4v) is 0.507. The minimum absolute atomic E-state index is 0.000880. The van der Waals surface area contributed by atoms with Crippen molar-refractivity contribution in [2.45, 2.75) is 19.4 Å². The number of carbonyl (C=O) groups is 1. The average molecular weight is 146 g/mol. The minimum atomic E-state index is -0.152. The molecule has 4 nitrogen and oxygen atoms in total. The first-order valence-corrected chi connectivity index (χ1v) is 3.31. The van der Waals surface area contributed by atoms with Crippen LogP contribution in [0.2, 0.25) is 0 Å². The lowest BCUT2D eigenvalue weighted by Gasteiger charge is -2.09. The fourth-order valence-electron chi connectivity index (χ4n) is 0.507. The molecular formula is C6H14N2O2. The van der Waals surface area contributed by atoms with Crippen molar-refractivity contribution in [1.29, 1.82) is 0 Å². The average Bonchev–Trinajstić information content (AvgIpc) is 1.88. The Labute approximate surface area is 60.4 Å². The molecule has 0 aliphatic heterocycles. The maximum Gasteiger partial charge on any atom is 0.222 e. The fraction of sp³-hybridized carbons (Fsp3) is 0.833. The van der Waals surface area contributed by atoms with Crippen molar-refractivity contribution in [1.82, 2.24) is 5.32 Å². The first-order valence-electron chi connectivity index (χ1n) is 3.31. The molecule has 60 valence electrons. The molecule has 1 amide bonds. The van der Waals surface area contributed by atoms with Gasteiger partial charge in [-0.3, -0.25) is 4.79 Å². The molecule has 4 N–H and O–H groups in total. The van der Waals surface area contributed by atoms with E-state index in [9.17, 15) is 4.79 Å². The third-order valence-electron chi connectivity index (χ3n) is 1.10. The first-order chi connectivity index (χ1) is 4.70. The van der Waals surface area contributed by atoms with E-state index < -0.39 is 0 Å². The molecule has 0 saturated heterocycles. The van der Waals surface area contributed by atoms with Crippen molar-refractivity contribution in [3.8, 4) is 0 Å². The zero-order chi connectivity index (χ0) is 7.98. The predicted molar refractivity (Wildman–Crippen MR) is 38.4 cm³/mol. The Kier molecular flexibility index (Phi) is 4.88. The summed E-state index contributed by atoms with van der Waals surface area (Å²) >= 11 is 0. The lowest BCUT2D eigenvalue weighted by Crippen LogP contribution is -2.37. The Morgan fingerprint density at radius 1 is 1.80 bits per heavy atom. The number of nitrogens with one attached hydrogen (secondary N) is 1. The molecule has 0 aliphatic rings. The van der Waals surface area contributed by atoms with Gasteiger partial charge in [-0.25, -0.2) is 0 Å². The summed E-state index contributed by atoms with van der Waals surface area (Å²) in [4.78, 5) is 10.7. The molecular weight excluding hydrogens is 132 g/mol. The largest absolute Gasteiger partial charge is 0.396 e. The standard InChI is InChI=1S/C6H14N2O2/c1-5(4-7)8-6(10)2-3-9/h5,9H,2-4,7H2,1H3,(H,8,10). The van der Waals surface area contributed by atoms with Gasteiger partial charge in [-0.2, -0.15) is 0 Å². The van der Waals surface area contributed by atoms with Crippen LogP contribution in [0.1, 0.15) is 13.3 Å². The quantitative estimate of drug-likeness (QED) is 0.468. The van der Waals surface area contributed by atoms with E-state index in [4.69, 9.17) is 10.8 Å². The van der Waals surface area contributed by atoms with Crippen molar-refractivity contribution >= 4 is 5.91 Å². The van der Waals surface area contributed by atoms with Gasteiger partial charge in [0.25, 0.3) is 0 Å². The Morgan fingerprint density at radius 3 is 2.80 bits per heavy atom. The second-order valence-corrected chi connectivity index (χ2v) is 2.18. The summed E-state index contributed by atoms with van der Waals surface area (Å²) in [5.74, 6) is -0.152. The molecule has 0 aromatic rings. The Balaban J connectivity index is 3.37. The minimum Gasteiger partial charge on any atom is -0.396 e. The van der Waals surface area contributed by atoms with Gasteiger partial charge in [0.1, 0.15) is 0 Å².